The first-order chi connectivity index (χ1) is 14.9. The van der Waals surface area contributed by atoms with Crippen LogP contribution in [0.25, 0.3) is 11.3 Å². The van der Waals surface area contributed by atoms with E-state index < -0.39 is 10.0 Å². The molecule has 1 saturated heterocycles. The maximum atomic E-state index is 12.7. The third-order valence-electron chi connectivity index (χ3n) is 5.22. The van der Waals surface area contributed by atoms with E-state index in [1.54, 1.807) is 47.5 Å². The molecular weight excluding hydrogens is 438 g/mol. The molecule has 31 heavy (non-hydrogen) atoms. The van der Waals surface area contributed by atoms with E-state index in [1.165, 1.54) is 4.31 Å². The number of amides is 1. The fraction of sp³-hybridized carbons (Fsp3) is 0.273. The Bertz CT molecular complexity index is 1160. The van der Waals surface area contributed by atoms with Crippen LogP contribution in [0.15, 0.2) is 70.1 Å². The van der Waals surface area contributed by atoms with Gasteiger partial charge in [0.2, 0.25) is 15.9 Å². The lowest BCUT2D eigenvalue weighted by Crippen LogP contribution is -2.50. The van der Waals surface area contributed by atoms with Crippen LogP contribution in [0.1, 0.15) is 12.3 Å². The van der Waals surface area contributed by atoms with Crippen molar-refractivity contribution >= 4 is 27.5 Å². The molecule has 0 aliphatic carbocycles. The largest absolute Gasteiger partial charge is 0.441 e. The lowest BCUT2D eigenvalue weighted by atomic mass is 10.2. The Balaban J connectivity index is 1.31. The summed E-state index contributed by atoms with van der Waals surface area (Å²) in [7, 11) is -3.53. The molecule has 0 spiro atoms. The van der Waals surface area contributed by atoms with Crippen molar-refractivity contribution < 1.29 is 17.6 Å². The Labute approximate surface area is 186 Å². The summed E-state index contributed by atoms with van der Waals surface area (Å²) in [6.07, 6.45) is 2.22. The van der Waals surface area contributed by atoms with Crippen molar-refractivity contribution in [3.63, 3.8) is 0 Å². The Kier molecular flexibility index (Phi) is 6.41. The molecule has 7 nitrogen and oxygen atoms in total. The highest BCUT2D eigenvalue weighted by Gasteiger charge is 2.29. The summed E-state index contributed by atoms with van der Waals surface area (Å²) in [5.74, 6) is 0.982. The third-order valence-corrected chi connectivity index (χ3v) is 7.46. The summed E-state index contributed by atoms with van der Waals surface area (Å²) < 4.78 is 32.6. The molecule has 0 atom stereocenters. The van der Waals surface area contributed by atoms with Crippen LogP contribution in [0.3, 0.4) is 0 Å². The Morgan fingerprint density at radius 2 is 1.68 bits per heavy atom. The van der Waals surface area contributed by atoms with Crippen molar-refractivity contribution in [2.24, 2.45) is 0 Å². The first-order valence-electron chi connectivity index (χ1n) is 9.98. The molecule has 2 aromatic carbocycles. The molecule has 1 aliphatic heterocycles. The highest BCUT2D eigenvalue weighted by Crippen LogP contribution is 2.28. The molecule has 1 amide bonds. The van der Waals surface area contributed by atoms with Crippen molar-refractivity contribution in [2.75, 3.05) is 26.2 Å². The van der Waals surface area contributed by atoms with Crippen LogP contribution in [0.5, 0.6) is 0 Å². The minimum Gasteiger partial charge on any atom is -0.441 e. The van der Waals surface area contributed by atoms with Crippen molar-refractivity contribution in [3.05, 3.63) is 71.7 Å². The number of hydrogen-bond donors (Lipinski definition) is 0. The molecule has 3 aromatic rings. The summed E-state index contributed by atoms with van der Waals surface area (Å²) in [5.41, 5.74) is 0.755. The van der Waals surface area contributed by atoms with Gasteiger partial charge in [-0.05, 0) is 24.3 Å². The van der Waals surface area contributed by atoms with Gasteiger partial charge in [0.15, 0.2) is 11.7 Å². The second-order valence-electron chi connectivity index (χ2n) is 7.20. The highest BCUT2D eigenvalue weighted by molar-refractivity contribution is 7.89. The topological polar surface area (TPSA) is 83.7 Å². The van der Waals surface area contributed by atoms with Crippen LogP contribution in [-0.2, 0) is 21.2 Å². The van der Waals surface area contributed by atoms with Crippen molar-refractivity contribution in [2.45, 2.75) is 17.7 Å². The summed E-state index contributed by atoms with van der Waals surface area (Å²) in [6, 6.07) is 15.7. The van der Waals surface area contributed by atoms with Gasteiger partial charge in [-0.1, -0.05) is 41.9 Å². The molecule has 9 heteroatoms. The maximum Gasteiger partial charge on any atom is 0.243 e. The molecule has 0 N–H and O–H groups in total. The molecule has 0 radical (unpaired) electrons. The van der Waals surface area contributed by atoms with E-state index in [4.69, 9.17) is 16.0 Å². The average molecular weight is 460 g/mol. The predicted molar refractivity (Wildman–Crippen MR) is 117 cm³/mol. The van der Waals surface area contributed by atoms with Crippen LogP contribution >= 0.6 is 11.6 Å². The fourth-order valence-corrected chi connectivity index (χ4v) is 5.17. The highest BCUT2D eigenvalue weighted by atomic mass is 35.5. The smallest absolute Gasteiger partial charge is 0.243 e. The number of halogens is 1. The summed E-state index contributed by atoms with van der Waals surface area (Å²) in [4.78, 5) is 18.8. The van der Waals surface area contributed by atoms with Crippen LogP contribution < -0.4 is 0 Å². The van der Waals surface area contributed by atoms with E-state index in [-0.39, 0.29) is 30.3 Å². The Hall–Kier alpha value is -2.68. The van der Waals surface area contributed by atoms with Crippen LogP contribution in [0, 0.1) is 0 Å². The molecule has 1 fully saturated rings. The normalized spacial score (nSPS) is 15.2. The summed E-state index contributed by atoms with van der Waals surface area (Å²) in [6.45, 7) is 1.28. The van der Waals surface area contributed by atoms with Gasteiger partial charge in [0.25, 0.3) is 0 Å². The van der Waals surface area contributed by atoms with Gasteiger partial charge in [-0.25, -0.2) is 13.4 Å². The van der Waals surface area contributed by atoms with Crippen LogP contribution in [0.2, 0.25) is 5.02 Å². The number of nitrogens with zero attached hydrogens (tertiary/aromatic N) is 3. The van der Waals surface area contributed by atoms with E-state index in [2.05, 4.69) is 4.98 Å². The second kappa shape index (κ2) is 9.21. The molecule has 0 bridgehead atoms. The number of piperazine rings is 1. The fourth-order valence-electron chi connectivity index (χ4n) is 3.50. The lowest BCUT2D eigenvalue weighted by molar-refractivity contribution is -0.132. The third kappa shape index (κ3) is 4.81. The average Bonchev–Trinajstić information content (AvgIpc) is 3.27. The zero-order valence-corrected chi connectivity index (χ0v) is 18.3. The van der Waals surface area contributed by atoms with Crippen LogP contribution in [-0.4, -0.2) is 54.7 Å². The van der Waals surface area contributed by atoms with E-state index >= 15 is 0 Å². The molecule has 1 aromatic heterocycles. The summed E-state index contributed by atoms with van der Waals surface area (Å²) >= 11 is 6.18. The monoisotopic (exact) mass is 459 g/mol. The van der Waals surface area contributed by atoms with E-state index in [0.717, 1.165) is 5.56 Å². The first kappa shape index (κ1) is 21.5. The number of benzene rings is 2. The maximum absolute atomic E-state index is 12.7. The molecular formula is C22H22ClN3O4S. The van der Waals surface area contributed by atoms with Gasteiger partial charge in [-0.2, -0.15) is 4.31 Å². The van der Waals surface area contributed by atoms with E-state index in [1.807, 2.05) is 18.2 Å². The molecule has 162 valence electrons. The zero-order valence-electron chi connectivity index (χ0n) is 16.8. The number of sulfonamides is 1. The molecule has 0 saturated carbocycles. The van der Waals surface area contributed by atoms with Gasteiger partial charge in [0.05, 0.1) is 16.1 Å². The molecule has 4 rings (SSSR count). The quantitative estimate of drug-likeness (QED) is 0.563. The molecule has 0 unspecified atom stereocenters. The number of oxazole rings is 1. The number of hydrogen-bond acceptors (Lipinski definition) is 5. The number of carbonyl (C=O) groups is 1. The zero-order chi connectivity index (χ0) is 21.8. The Morgan fingerprint density at radius 3 is 2.39 bits per heavy atom. The number of aromatic nitrogens is 1. The Morgan fingerprint density at radius 1 is 1.00 bits per heavy atom. The first-order valence-corrected chi connectivity index (χ1v) is 11.8. The minimum atomic E-state index is -3.53. The van der Waals surface area contributed by atoms with Crippen LogP contribution in [0.4, 0.5) is 0 Å². The predicted octanol–water partition coefficient (Wildman–Crippen LogP) is 3.46. The van der Waals surface area contributed by atoms with E-state index in [9.17, 15) is 13.2 Å². The van der Waals surface area contributed by atoms with E-state index in [0.29, 0.717) is 36.2 Å². The second-order valence-corrected chi connectivity index (χ2v) is 9.54. The van der Waals surface area contributed by atoms with Gasteiger partial charge in [0.1, 0.15) is 0 Å². The van der Waals surface area contributed by atoms with Gasteiger partial charge in [-0.15, -0.1) is 0 Å². The SMILES string of the molecule is O=C(CCc1ncc(-c2ccccc2Cl)o1)N1CCN(S(=O)(=O)c2ccccc2)CC1. The molecule has 2 heterocycles. The number of aryl methyl sites for hydroxylation is 1. The number of rotatable bonds is 6. The molecule has 1 aliphatic rings. The van der Waals surface area contributed by atoms with Gasteiger partial charge < -0.3 is 9.32 Å². The number of carbonyl (C=O) groups excluding carboxylic acids is 1. The van der Waals surface area contributed by atoms with Gasteiger partial charge >= 0.3 is 0 Å². The van der Waals surface area contributed by atoms with Gasteiger partial charge in [0, 0.05) is 44.6 Å². The lowest BCUT2D eigenvalue weighted by Gasteiger charge is -2.34. The minimum absolute atomic E-state index is 0.0470. The summed E-state index contributed by atoms with van der Waals surface area (Å²) in [5, 5.41) is 0.574. The van der Waals surface area contributed by atoms with Crippen molar-refractivity contribution in [1.29, 1.82) is 0 Å². The van der Waals surface area contributed by atoms with Crippen molar-refractivity contribution in [3.8, 4) is 11.3 Å². The standard InChI is InChI=1S/C22H22ClN3O4S/c23-19-9-5-4-8-18(19)20-16-24-21(30-20)10-11-22(27)25-12-14-26(15-13-25)31(28,29)17-6-2-1-3-7-17/h1-9,16H,10-15H2. The van der Waals surface area contributed by atoms with Crippen molar-refractivity contribution in [1.82, 2.24) is 14.2 Å². The van der Waals surface area contributed by atoms with Gasteiger partial charge in [-0.3, -0.25) is 4.79 Å².